The van der Waals surface area contributed by atoms with Crippen LogP contribution in [0, 0.1) is 5.92 Å². The second-order valence-electron chi connectivity index (χ2n) is 5.22. The van der Waals surface area contributed by atoms with E-state index in [-0.39, 0.29) is 30.6 Å². The van der Waals surface area contributed by atoms with Crippen molar-refractivity contribution in [2.24, 2.45) is 5.92 Å². The van der Waals surface area contributed by atoms with Crippen molar-refractivity contribution in [3.8, 4) is 0 Å². The van der Waals surface area contributed by atoms with E-state index in [4.69, 9.17) is 9.47 Å². The van der Waals surface area contributed by atoms with Crippen molar-refractivity contribution in [1.29, 1.82) is 0 Å². The molecule has 0 saturated heterocycles. The van der Waals surface area contributed by atoms with Crippen LogP contribution < -0.4 is 5.32 Å². The van der Waals surface area contributed by atoms with Crippen LogP contribution in [0.5, 0.6) is 0 Å². The molecule has 0 bridgehead atoms. The van der Waals surface area contributed by atoms with Crippen molar-refractivity contribution in [2.75, 3.05) is 6.61 Å². The average molecular weight is 299 g/mol. The number of esters is 2. The lowest BCUT2D eigenvalue weighted by atomic mass is 10.1. The molecule has 1 amide bonds. The van der Waals surface area contributed by atoms with Crippen LogP contribution in [0.3, 0.4) is 0 Å². The van der Waals surface area contributed by atoms with Crippen LogP contribution in [0.2, 0.25) is 0 Å². The van der Waals surface area contributed by atoms with E-state index < -0.39 is 11.9 Å². The molecule has 0 radical (unpaired) electrons. The third-order valence-corrected chi connectivity index (χ3v) is 2.58. The quantitative estimate of drug-likeness (QED) is 0.543. The highest BCUT2D eigenvalue weighted by molar-refractivity contribution is 5.91. The minimum absolute atomic E-state index is 0.0613. The zero-order valence-electron chi connectivity index (χ0n) is 13.3. The number of rotatable bonds is 8. The molecule has 6 heteroatoms. The number of carbonyl (C=O) groups excluding carboxylic acids is 3. The molecule has 0 aromatic rings. The van der Waals surface area contributed by atoms with Gasteiger partial charge in [0.05, 0.1) is 12.1 Å². The molecule has 0 aliphatic heterocycles. The van der Waals surface area contributed by atoms with Crippen molar-refractivity contribution in [1.82, 2.24) is 5.32 Å². The Bertz CT molecular complexity index is 388. The second-order valence-corrected chi connectivity index (χ2v) is 5.22. The monoisotopic (exact) mass is 299 g/mol. The van der Waals surface area contributed by atoms with E-state index in [1.54, 1.807) is 20.8 Å². The van der Waals surface area contributed by atoms with Crippen molar-refractivity contribution < 1.29 is 23.9 Å². The summed E-state index contributed by atoms with van der Waals surface area (Å²) in [6, 6.07) is -0.252. The van der Waals surface area contributed by atoms with Crippen LogP contribution >= 0.6 is 0 Å². The molecular formula is C15H25NO5. The van der Waals surface area contributed by atoms with Gasteiger partial charge in [-0.3, -0.25) is 4.79 Å². The third kappa shape index (κ3) is 9.65. The van der Waals surface area contributed by atoms with Gasteiger partial charge in [-0.05, 0) is 19.8 Å². The van der Waals surface area contributed by atoms with Gasteiger partial charge in [-0.1, -0.05) is 20.8 Å². The summed E-state index contributed by atoms with van der Waals surface area (Å²) in [5, 5.41) is 2.78. The predicted octanol–water partition coefficient (Wildman–Crippen LogP) is 1.59. The van der Waals surface area contributed by atoms with E-state index >= 15 is 0 Å². The van der Waals surface area contributed by atoms with E-state index in [0.29, 0.717) is 6.42 Å². The molecule has 0 heterocycles. The van der Waals surface area contributed by atoms with E-state index in [2.05, 4.69) is 5.32 Å². The largest absolute Gasteiger partial charge is 0.460 e. The van der Waals surface area contributed by atoms with Crippen LogP contribution in [0.25, 0.3) is 0 Å². The first-order valence-electron chi connectivity index (χ1n) is 7.11. The molecule has 0 saturated carbocycles. The zero-order chi connectivity index (χ0) is 16.4. The first-order chi connectivity index (χ1) is 9.76. The molecule has 6 nitrogen and oxygen atoms in total. The summed E-state index contributed by atoms with van der Waals surface area (Å²) in [4.78, 5) is 34.1. The van der Waals surface area contributed by atoms with E-state index in [9.17, 15) is 14.4 Å². The smallest absolute Gasteiger partial charge is 0.331 e. The lowest BCUT2D eigenvalue weighted by Gasteiger charge is -2.21. The van der Waals surface area contributed by atoms with Gasteiger partial charge in [0.1, 0.15) is 6.61 Å². The summed E-state index contributed by atoms with van der Waals surface area (Å²) < 4.78 is 9.86. The lowest BCUT2D eigenvalue weighted by molar-refractivity contribution is -0.143. The molecule has 0 unspecified atom stereocenters. The maximum Gasteiger partial charge on any atom is 0.331 e. The van der Waals surface area contributed by atoms with Gasteiger partial charge >= 0.3 is 11.9 Å². The zero-order valence-corrected chi connectivity index (χ0v) is 13.3. The fourth-order valence-electron chi connectivity index (χ4n) is 1.34. The van der Waals surface area contributed by atoms with Crippen LogP contribution in [-0.2, 0) is 23.9 Å². The average Bonchev–Trinajstić information content (AvgIpc) is 2.39. The number of hydrogen-bond acceptors (Lipinski definition) is 5. The molecule has 1 atom stereocenters. The molecule has 0 aliphatic rings. The highest BCUT2D eigenvalue weighted by Gasteiger charge is 2.17. The molecular weight excluding hydrogens is 274 g/mol. The summed E-state index contributed by atoms with van der Waals surface area (Å²) in [7, 11) is 0. The minimum Gasteiger partial charge on any atom is -0.460 e. The van der Waals surface area contributed by atoms with Gasteiger partial charge in [0.2, 0.25) is 5.91 Å². The van der Waals surface area contributed by atoms with Gasteiger partial charge in [0, 0.05) is 18.6 Å². The SMILES string of the molecule is CCC(=O)N[C@@H](COC(=O)/C=C/C(=O)OC(C)C)C(C)C. The van der Waals surface area contributed by atoms with Crippen molar-refractivity contribution in [3.63, 3.8) is 0 Å². The fourth-order valence-corrected chi connectivity index (χ4v) is 1.34. The van der Waals surface area contributed by atoms with Gasteiger partial charge in [0.15, 0.2) is 0 Å². The highest BCUT2D eigenvalue weighted by atomic mass is 16.5. The van der Waals surface area contributed by atoms with Crippen molar-refractivity contribution in [2.45, 2.75) is 53.2 Å². The summed E-state index contributed by atoms with van der Waals surface area (Å²) in [5.41, 5.74) is 0. The first-order valence-corrected chi connectivity index (χ1v) is 7.11. The molecule has 0 spiro atoms. The Labute approximate surface area is 125 Å². The molecule has 0 aromatic carbocycles. The Balaban J connectivity index is 4.28. The van der Waals surface area contributed by atoms with Gasteiger partial charge in [-0.15, -0.1) is 0 Å². The molecule has 21 heavy (non-hydrogen) atoms. The summed E-state index contributed by atoms with van der Waals surface area (Å²) in [6.45, 7) is 9.09. The maximum atomic E-state index is 11.5. The van der Waals surface area contributed by atoms with E-state index in [0.717, 1.165) is 12.2 Å². The topological polar surface area (TPSA) is 81.7 Å². The van der Waals surface area contributed by atoms with Crippen LogP contribution in [0.4, 0.5) is 0 Å². The number of carbonyl (C=O) groups is 3. The summed E-state index contributed by atoms with van der Waals surface area (Å²) in [6.07, 6.45) is 2.17. The molecule has 1 N–H and O–H groups in total. The Hall–Kier alpha value is -1.85. The minimum atomic E-state index is -0.646. The Kier molecular flexibility index (Phi) is 9.08. The fraction of sp³-hybridized carbons (Fsp3) is 0.667. The molecule has 0 aliphatic carbocycles. The van der Waals surface area contributed by atoms with Crippen LogP contribution in [0.15, 0.2) is 12.2 Å². The van der Waals surface area contributed by atoms with Crippen molar-refractivity contribution >= 4 is 17.8 Å². The van der Waals surface area contributed by atoms with E-state index in [1.165, 1.54) is 0 Å². The lowest BCUT2D eigenvalue weighted by Crippen LogP contribution is -2.42. The maximum absolute atomic E-state index is 11.5. The van der Waals surface area contributed by atoms with Gasteiger partial charge in [0.25, 0.3) is 0 Å². The Morgan fingerprint density at radius 1 is 1.05 bits per heavy atom. The van der Waals surface area contributed by atoms with Crippen molar-refractivity contribution in [3.05, 3.63) is 12.2 Å². The standard InChI is InChI=1S/C15H25NO5/c1-6-13(17)16-12(10(2)3)9-20-14(18)7-8-15(19)21-11(4)5/h7-8,10-12H,6,9H2,1-5H3,(H,16,17)/b8-7+/t12-/m0/s1. The predicted molar refractivity (Wildman–Crippen MR) is 78.4 cm³/mol. The molecule has 0 aromatic heterocycles. The second kappa shape index (κ2) is 9.96. The number of ether oxygens (including phenoxy) is 2. The number of amides is 1. The number of nitrogens with one attached hydrogen (secondary N) is 1. The van der Waals surface area contributed by atoms with Gasteiger partial charge < -0.3 is 14.8 Å². The summed E-state index contributed by atoms with van der Waals surface area (Å²) >= 11 is 0. The third-order valence-electron chi connectivity index (χ3n) is 2.58. The van der Waals surface area contributed by atoms with Gasteiger partial charge in [-0.2, -0.15) is 0 Å². The number of hydrogen-bond donors (Lipinski definition) is 1. The van der Waals surface area contributed by atoms with Crippen LogP contribution in [-0.4, -0.2) is 36.6 Å². The highest BCUT2D eigenvalue weighted by Crippen LogP contribution is 2.03. The van der Waals surface area contributed by atoms with E-state index in [1.807, 2.05) is 13.8 Å². The Morgan fingerprint density at radius 3 is 2.10 bits per heavy atom. The molecule has 120 valence electrons. The van der Waals surface area contributed by atoms with Crippen LogP contribution in [0.1, 0.15) is 41.0 Å². The molecule has 0 fully saturated rings. The van der Waals surface area contributed by atoms with Gasteiger partial charge in [-0.25, -0.2) is 9.59 Å². The normalized spacial score (nSPS) is 12.5. The first kappa shape index (κ1) is 19.1. The summed E-state index contributed by atoms with van der Waals surface area (Å²) in [5.74, 6) is -1.21. The molecule has 0 rings (SSSR count). The Morgan fingerprint density at radius 2 is 1.62 bits per heavy atom.